The van der Waals surface area contributed by atoms with Crippen LogP contribution in [0.5, 0.6) is 0 Å². The Morgan fingerprint density at radius 3 is 2.40 bits per heavy atom. The maximum atomic E-state index is 10.8. The standard InChI is InChI=1S/C19H19N5O/c1-13(2)20-17-12-18(21-15-8-4-3-5-9-15)23-19(22-17)14-7-6-10-16(11-14)24-25/h3-13H,1-2H3,(H2,20,21,22,23). The summed E-state index contributed by atoms with van der Waals surface area (Å²) in [5.41, 5.74) is 2.02. The monoisotopic (exact) mass is 333 g/mol. The quantitative estimate of drug-likeness (QED) is 0.613. The summed E-state index contributed by atoms with van der Waals surface area (Å²) in [7, 11) is 0. The van der Waals surface area contributed by atoms with Crippen LogP contribution in [0.4, 0.5) is 23.0 Å². The number of para-hydroxylation sites is 1. The third-order valence-electron chi connectivity index (χ3n) is 3.42. The van der Waals surface area contributed by atoms with Crippen LogP contribution in [-0.2, 0) is 0 Å². The maximum Gasteiger partial charge on any atom is 0.163 e. The van der Waals surface area contributed by atoms with E-state index in [1.165, 1.54) is 0 Å². The Kier molecular flexibility index (Phi) is 4.99. The highest BCUT2D eigenvalue weighted by Crippen LogP contribution is 2.25. The van der Waals surface area contributed by atoms with Crippen LogP contribution in [-0.4, -0.2) is 16.0 Å². The van der Waals surface area contributed by atoms with Gasteiger partial charge in [-0.2, -0.15) is 0 Å². The number of rotatable bonds is 6. The highest BCUT2D eigenvalue weighted by atomic mass is 16.3. The SMILES string of the molecule is CC(C)Nc1cc(Nc2ccccc2)nc(-c2cccc(N=O)c2)n1. The predicted octanol–water partition coefficient (Wildman–Crippen LogP) is 5.11. The lowest BCUT2D eigenvalue weighted by molar-refractivity contribution is 0.887. The molecule has 0 bridgehead atoms. The minimum atomic E-state index is 0.232. The van der Waals surface area contributed by atoms with E-state index in [2.05, 4.69) is 25.8 Å². The van der Waals surface area contributed by atoms with Crippen molar-refractivity contribution in [1.29, 1.82) is 0 Å². The van der Waals surface area contributed by atoms with Gasteiger partial charge in [-0.3, -0.25) is 0 Å². The van der Waals surface area contributed by atoms with Crippen molar-refractivity contribution in [2.45, 2.75) is 19.9 Å². The van der Waals surface area contributed by atoms with Crippen molar-refractivity contribution >= 4 is 23.0 Å². The Bertz CT molecular complexity index is 865. The normalized spacial score (nSPS) is 10.5. The number of aromatic nitrogens is 2. The summed E-state index contributed by atoms with van der Waals surface area (Å²) in [6, 6.07) is 18.8. The van der Waals surface area contributed by atoms with Crippen LogP contribution in [0.15, 0.2) is 65.8 Å². The summed E-state index contributed by atoms with van der Waals surface area (Å²) >= 11 is 0. The van der Waals surface area contributed by atoms with E-state index in [0.29, 0.717) is 23.1 Å². The van der Waals surface area contributed by atoms with Crippen LogP contribution < -0.4 is 10.6 Å². The maximum absolute atomic E-state index is 10.8. The van der Waals surface area contributed by atoms with Crippen molar-refractivity contribution in [1.82, 2.24) is 9.97 Å². The van der Waals surface area contributed by atoms with Gasteiger partial charge < -0.3 is 10.6 Å². The molecule has 126 valence electrons. The zero-order valence-corrected chi connectivity index (χ0v) is 14.1. The second-order valence-corrected chi connectivity index (χ2v) is 5.89. The lowest BCUT2D eigenvalue weighted by Gasteiger charge is -2.13. The van der Waals surface area contributed by atoms with Gasteiger partial charge in [-0.05, 0) is 43.3 Å². The number of nitroso groups, excluding NO2 is 1. The van der Waals surface area contributed by atoms with E-state index < -0.39 is 0 Å². The van der Waals surface area contributed by atoms with E-state index in [4.69, 9.17) is 0 Å². The molecule has 0 aliphatic carbocycles. The van der Waals surface area contributed by atoms with Crippen molar-refractivity contribution in [2.75, 3.05) is 10.6 Å². The summed E-state index contributed by atoms with van der Waals surface area (Å²) < 4.78 is 0. The minimum absolute atomic E-state index is 0.232. The highest BCUT2D eigenvalue weighted by Gasteiger charge is 2.09. The minimum Gasteiger partial charge on any atom is -0.368 e. The zero-order chi connectivity index (χ0) is 17.6. The van der Waals surface area contributed by atoms with Crippen LogP contribution in [0.2, 0.25) is 0 Å². The Labute approximate surface area is 146 Å². The topological polar surface area (TPSA) is 79.3 Å². The van der Waals surface area contributed by atoms with Crippen LogP contribution in [0.3, 0.4) is 0 Å². The fourth-order valence-electron chi connectivity index (χ4n) is 2.38. The largest absolute Gasteiger partial charge is 0.368 e. The lowest BCUT2D eigenvalue weighted by Crippen LogP contribution is -2.12. The van der Waals surface area contributed by atoms with Crippen molar-refractivity contribution in [2.24, 2.45) is 5.18 Å². The molecule has 0 saturated heterocycles. The summed E-state index contributed by atoms with van der Waals surface area (Å²) in [6.07, 6.45) is 0. The molecule has 0 atom stereocenters. The van der Waals surface area contributed by atoms with Gasteiger partial charge in [0, 0.05) is 23.4 Å². The average Bonchev–Trinajstić information content (AvgIpc) is 2.62. The molecule has 1 aromatic heterocycles. The Morgan fingerprint density at radius 1 is 0.920 bits per heavy atom. The molecule has 1 heterocycles. The van der Waals surface area contributed by atoms with Crippen molar-refractivity contribution < 1.29 is 0 Å². The zero-order valence-electron chi connectivity index (χ0n) is 14.1. The lowest BCUT2D eigenvalue weighted by atomic mass is 10.2. The predicted molar refractivity (Wildman–Crippen MR) is 101 cm³/mol. The molecule has 0 radical (unpaired) electrons. The molecular weight excluding hydrogens is 314 g/mol. The molecule has 2 aromatic carbocycles. The fraction of sp³-hybridized carbons (Fsp3) is 0.158. The molecule has 0 fully saturated rings. The van der Waals surface area contributed by atoms with Crippen LogP contribution in [0.25, 0.3) is 11.4 Å². The summed E-state index contributed by atoms with van der Waals surface area (Å²) in [4.78, 5) is 19.9. The van der Waals surface area contributed by atoms with Gasteiger partial charge >= 0.3 is 0 Å². The number of nitrogens with zero attached hydrogens (tertiary/aromatic N) is 3. The number of hydrogen-bond donors (Lipinski definition) is 2. The second-order valence-electron chi connectivity index (χ2n) is 5.89. The summed E-state index contributed by atoms with van der Waals surface area (Å²) in [6.45, 7) is 4.09. The molecule has 0 saturated carbocycles. The molecule has 2 N–H and O–H groups in total. The molecule has 3 aromatic rings. The molecule has 0 aliphatic heterocycles. The first-order chi connectivity index (χ1) is 12.1. The van der Waals surface area contributed by atoms with Crippen molar-refractivity contribution in [3.63, 3.8) is 0 Å². The summed E-state index contributed by atoms with van der Waals surface area (Å²) in [5.74, 6) is 1.90. The van der Waals surface area contributed by atoms with Crippen molar-refractivity contribution in [3.05, 3.63) is 65.6 Å². The van der Waals surface area contributed by atoms with Gasteiger partial charge in [-0.25, -0.2) is 9.97 Å². The van der Waals surface area contributed by atoms with E-state index in [-0.39, 0.29) is 6.04 Å². The first-order valence-corrected chi connectivity index (χ1v) is 8.05. The van der Waals surface area contributed by atoms with Gasteiger partial charge in [0.15, 0.2) is 5.82 Å². The molecule has 0 amide bonds. The fourth-order valence-corrected chi connectivity index (χ4v) is 2.38. The smallest absolute Gasteiger partial charge is 0.163 e. The highest BCUT2D eigenvalue weighted by molar-refractivity contribution is 5.67. The molecular formula is C19H19N5O. The first-order valence-electron chi connectivity index (χ1n) is 8.05. The molecule has 25 heavy (non-hydrogen) atoms. The molecule has 6 heteroatoms. The van der Waals surface area contributed by atoms with Gasteiger partial charge in [0.25, 0.3) is 0 Å². The number of benzene rings is 2. The van der Waals surface area contributed by atoms with E-state index in [9.17, 15) is 4.91 Å². The number of nitrogens with one attached hydrogen (secondary N) is 2. The summed E-state index contributed by atoms with van der Waals surface area (Å²) in [5, 5.41) is 9.55. The van der Waals surface area contributed by atoms with E-state index in [0.717, 1.165) is 11.3 Å². The van der Waals surface area contributed by atoms with E-state index >= 15 is 0 Å². The molecule has 6 nitrogen and oxygen atoms in total. The van der Waals surface area contributed by atoms with Crippen molar-refractivity contribution in [3.8, 4) is 11.4 Å². The Hall–Kier alpha value is -3.28. The molecule has 3 rings (SSSR count). The van der Waals surface area contributed by atoms with Gasteiger partial charge in [0.2, 0.25) is 0 Å². The van der Waals surface area contributed by atoms with E-state index in [1.54, 1.807) is 18.2 Å². The second kappa shape index (κ2) is 7.53. The number of anilines is 3. The third-order valence-corrected chi connectivity index (χ3v) is 3.42. The third kappa shape index (κ3) is 4.38. The van der Waals surface area contributed by atoms with Crippen LogP contribution in [0, 0.1) is 4.91 Å². The van der Waals surface area contributed by atoms with Gasteiger partial charge in [-0.1, -0.05) is 30.3 Å². The van der Waals surface area contributed by atoms with Gasteiger partial charge in [-0.15, -0.1) is 4.91 Å². The van der Waals surface area contributed by atoms with E-state index in [1.807, 2.05) is 56.3 Å². The molecule has 0 spiro atoms. The van der Waals surface area contributed by atoms with Crippen LogP contribution in [0.1, 0.15) is 13.8 Å². The molecule has 0 aliphatic rings. The number of hydrogen-bond acceptors (Lipinski definition) is 6. The average molecular weight is 333 g/mol. The Balaban J connectivity index is 2.01. The van der Waals surface area contributed by atoms with Gasteiger partial charge in [0.05, 0.1) is 0 Å². The first kappa shape index (κ1) is 16.6. The Morgan fingerprint density at radius 2 is 1.68 bits per heavy atom. The van der Waals surface area contributed by atoms with Gasteiger partial charge in [0.1, 0.15) is 17.3 Å². The van der Waals surface area contributed by atoms with Crippen LogP contribution >= 0.6 is 0 Å². The molecule has 0 unspecified atom stereocenters.